The molecule has 1 saturated heterocycles. The first-order valence-electron chi connectivity index (χ1n) is 9.61. The molecule has 0 aliphatic carbocycles. The minimum absolute atomic E-state index is 0.0244. The van der Waals surface area contributed by atoms with Crippen LogP contribution in [0.4, 0.5) is 5.82 Å². The molecule has 0 N–H and O–H groups in total. The quantitative estimate of drug-likeness (QED) is 0.597. The smallest absolute Gasteiger partial charge is 0.260 e. The van der Waals surface area contributed by atoms with E-state index in [9.17, 15) is 4.79 Å². The molecule has 4 rings (SSSR count). The monoisotopic (exact) mass is 409 g/mol. The molecule has 3 aromatic rings. The fourth-order valence-corrected chi connectivity index (χ4v) is 3.27. The van der Waals surface area contributed by atoms with E-state index in [1.165, 1.54) is 12.7 Å². The van der Waals surface area contributed by atoms with E-state index in [1.54, 1.807) is 23.0 Å². The Morgan fingerprint density at radius 1 is 1.03 bits per heavy atom. The average Bonchev–Trinajstić information content (AvgIpc) is 3.33. The van der Waals surface area contributed by atoms with Crippen molar-refractivity contribution in [2.75, 3.05) is 44.8 Å². The van der Waals surface area contributed by atoms with Crippen molar-refractivity contribution in [2.45, 2.75) is 6.92 Å². The van der Waals surface area contributed by atoms with Gasteiger partial charge < -0.3 is 19.3 Å². The fourth-order valence-electron chi connectivity index (χ4n) is 3.27. The van der Waals surface area contributed by atoms with Crippen molar-refractivity contribution < 1.29 is 14.3 Å². The minimum atomic E-state index is -0.0525. The molecule has 1 amide bonds. The molecule has 10 nitrogen and oxygen atoms in total. The van der Waals surface area contributed by atoms with E-state index in [1.807, 2.05) is 31.2 Å². The minimum Gasteiger partial charge on any atom is -0.493 e. The summed E-state index contributed by atoms with van der Waals surface area (Å²) in [7, 11) is 1.59. The zero-order valence-corrected chi connectivity index (χ0v) is 16.9. The standard InChI is InChI=1S/C20H23N7O3/c1-15-3-4-16(17(9-15)29-2)30-11-20(28)26-7-5-25(6-8-26)18-10-19(23-13-22-18)27-14-21-12-24-27/h3-4,9-10,12-14H,5-8,11H2,1-2H3. The van der Waals surface area contributed by atoms with Gasteiger partial charge in [-0.05, 0) is 24.6 Å². The Hall–Kier alpha value is -3.69. The second-order valence-corrected chi connectivity index (χ2v) is 6.89. The highest BCUT2D eigenvalue weighted by molar-refractivity contribution is 5.78. The van der Waals surface area contributed by atoms with Gasteiger partial charge in [-0.1, -0.05) is 6.07 Å². The van der Waals surface area contributed by atoms with Crippen LogP contribution in [0, 0.1) is 6.92 Å². The van der Waals surface area contributed by atoms with Crippen molar-refractivity contribution in [3.63, 3.8) is 0 Å². The van der Waals surface area contributed by atoms with Crippen LogP contribution in [0.5, 0.6) is 11.5 Å². The lowest BCUT2D eigenvalue weighted by atomic mass is 10.2. The molecule has 30 heavy (non-hydrogen) atoms. The Bertz CT molecular complexity index is 1000. The van der Waals surface area contributed by atoms with Crippen LogP contribution >= 0.6 is 0 Å². The summed E-state index contributed by atoms with van der Waals surface area (Å²) in [5, 5.41) is 4.09. The second kappa shape index (κ2) is 8.76. The number of methoxy groups -OCH3 is 1. The molecule has 1 aromatic carbocycles. The van der Waals surface area contributed by atoms with E-state index in [-0.39, 0.29) is 12.5 Å². The lowest BCUT2D eigenvalue weighted by molar-refractivity contribution is -0.133. The molecule has 10 heteroatoms. The molecule has 0 unspecified atom stereocenters. The van der Waals surface area contributed by atoms with Crippen molar-refractivity contribution in [1.82, 2.24) is 29.6 Å². The largest absolute Gasteiger partial charge is 0.493 e. The van der Waals surface area contributed by atoms with Gasteiger partial charge in [-0.3, -0.25) is 4.79 Å². The van der Waals surface area contributed by atoms with Crippen LogP contribution in [-0.2, 0) is 4.79 Å². The molecule has 0 atom stereocenters. The first kappa shape index (κ1) is 19.6. The summed E-state index contributed by atoms with van der Waals surface area (Å²) < 4.78 is 12.6. The summed E-state index contributed by atoms with van der Waals surface area (Å²) >= 11 is 0. The van der Waals surface area contributed by atoms with Gasteiger partial charge in [0, 0.05) is 32.2 Å². The number of carbonyl (C=O) groups excluding carboxylic acids is 1. The summed E-state index contributed by atoms with van der Waals surface area (Å²) in [5.41, 5.74) is 1.07. The third kappa shape index (κ3) is 4.32. The fraction of sp³-hybridized carbons (Fsp3) is 0.350. The Morgan fingerprint density at radius 2 is 1.83 bits per heavy atom. The maximum Gasteiger partial charge on any atom is 0.260 e. The van der Waals surface area contributed by atoms with Gasteiger partial charge in [-0.25, -0.2) is 19.6 Å². The number of carbonyl (C=O) groups is 1. The molecule has 1 aliphatic heterocycles. The summed E-state index contributed by atoms with van der Waals surface area (Å²) in [4.78, 5) is 29.0. The van der Waals surface area contributed by atoms with Gasteiger partial charge in [-0.15, -0.1) is 0 Å². The second-order valence-electron chi connectivity index (χ2n) is 6.89. The van der Waals surface area contributed by atoms with E-state index >= 15 is 0 Å². The number of aromatic nitrogens is 5. The van der Waals surface area contributed by atoms with Crippen molar-refractivity contribution in [3.05, 3.63) is 48.8 Å². The van der Waals surface area contributed by atoms with Gasteiger partial charge in [-0.2, -0.15) is 5.10 Å². The van der Waals surface area contributed by atoms with Gasteiger partial charge in [0.1, 0.15) is 24.8 Å². The van der Waals surface area contributed by atoms with E-state index in [0.29, 0.717) is 43.5 Å². The van der Waals surface area contributed by atoms with Gasteiger partial charge in [0.15, 0.2) is 23.9 Å². The highest BCUT2D eigenvalue weighted by atomic mass is 16.5. The van der Waals surface area contributed by atoms with E-state index < -0.39 is 0 Å². The zero-order chi connectivity index (χ0) is 20.9. The molecule has 0 spiro atoms. The molecular formula is C20H23N7O3. The number of benzene rings is 1. The Labute approximate surface area is 174 Å². The summed E-state index contributed by atoms with van der Waals surface area (Å²) in [6.45, 7) is 4.49. The topological polar surface area (TPSA) is 98.5 Å². The van der Waals surface area contributed by atoms with Crippen LogP contribution in [0.15, 0.2) is 43.2 Å². The normalized spacial score (nSPS) is 13.9. The molecule has 0 saturated carbocycles. The summed E-state index contributed by atoms with van der Waals surface area (Å²) in [5.74, 6) is 2.58. The lowest BCUT2D eigenvalue weighted by Crippen LogP contribution is -2.50. The maximum atomic E-state index is 12.6. The predicted molar refractivity (Wildman–Crippen MR) is 109 cm³/mol. The highest BCUT2D eigenvalue weighted by Crippen LogP contribution is 2.27. The van der Waals surface area contributed by atoms with E-state index in [2.05, 4.69) is 25.0 Å². The van der Waals surface area contributed by atoms with Crippen LogP contribution in [-0.4, -0.2) is 75.4 Å². The van der Waals surface area contributed by atoms with Crippen molar-refractivity contribution in [3.8, 4) is 17.3 Å². The number of piperazine rings is 1. The molecule has 0 radical (unpaired) electrons. The molecule has 2 aromatic heterocycles. The van der Waals surface area contributed by atoms with Crippen LogP contribution in [0.3, 0.4) is 0 Å². The number of anilines is 1. The number of rotatable bonds is 6. The Kier molecular flexibility index (Phi) is 5.73. The molecular weight excluding hydrogens is 386 g/mol. The number of hydrogen-bond acceptors (Lipinski definition) is 8. The molecule has 3 heterocycles. The Morgan fingerprint density at radius 3 is 2.57 bits per heavy atom. The molecule has 1 fully saturated rings. The SMILES string of the molecule is COc1cc(C)ccc1OCC(=O)N1CCN(c2cc(-n3cncn3)ncn2)CC1. The van der Waals surface area contributed by atoms with Crippen LogP contribution < -0.4 is 14.4 Å². The van der Waals surface area contributed by atoms with Crippen molar-refractivity contribution in [1.29, 1.82) is 0 Å². The van der Waals surface area contributed by atoms with Gasteiger partial charge >= 0.3 is 0 Å². The van der Waals surface area contributed by atoms with Crippen molar-refractivity contribution >= 4 is 11.7 Å². The third-order valence-corrected chi connectivity index (χ3v) is 4.92. The molecule has 1 aliphatic rings. The zero-order valence-electron chi connectivity index (χ0n) is 16.9. The average molecular weight is 409 g/mol. The van der Waals surface area contributed by atoms with Crippen molar-refractivity contribution in [2.24, 2.45) is 0 Å². The summed E-state index contributed by atoms with van der Waals surface area (Å²) in [6.07, 6.45) is 4.55. The van der Waals surface area contributed by atoms with E-state index in [4.69, 9.17) is 9.47 Å². The van der Waals surface area contributed by atoms with Crippen LogP contribution in [0.25, 0.3) is 5.82 Å². The van der Waals surface area contributed by atoms with E-state index in [0.717, 1.165) is 11.4 Å². The maximum absolute atomic E-state index is 12.6. The number of ether oxygens (including phenoxy) is 2. The number of aryl methyl sites for hydroxylation is 1. The van der Waals surface area contributed by atoms with Gasteiger partial charge in [0.05, 0.1) is 7.11 Å². The number of hydrogen-bond donors (Lipinski definition) is 0. The van der Waals surface area contributed by atoms with Gasteiger partial charge in [0.2, 0.25) is 0 Å². The highest BCUT2D eigenvalue weighted by Gasteiger charge is 2.23. The lowest BCUT2D eigenvalue weighted by Gasteiger charge is -2.35. The van der Waals surface area contributed by atoms with Crippen LogP contribution in [0.1, 0.15) is 5.56 Å². The number of amides is 1. The Balaban J connectivity index is 1.32. The van der Waals surface area contributed by atoms with Crippen LogP contribution in [0.2, 0.25) is 0 Å². The predicted octanol–water partition coefficient (Wildman–Crippen LogP) is 1.10. The number of nitrogens with zero attached hydrogens (tertiary/aromatic N) is 7. The first-order chi connectivity index (χ1) is 14.6. The third-order valence-electron chi connectivity index (χ3n) is 4.92. The van der Waals surface area contributed by atoms with Gasteiger partial charge in [0.25, 0.3) is 5.91 Å². The first-order valence-corrected chi connectivity index (χ1v) is 9.61. The summed E-state index contributed by atoms with van der Waals surface area (Å²) in [6, 6.07) is 7.49. The molecule has 0 bridgehead atoms. The molecule has 156 valence electrons.